The first-order chi connectivity index (χ1) is 5.73. The van der Waals surface area contributed by atoms with Gasteiger partial charge in [0.1, 0.15) is 0 Å². The molecule has 1 atom stereocenters. The predicted molar refractivity (Wildman–Crippen MR) is 49.9 cm³/mol. The summed E-state index contributed by atoms with van der Waals surface area (Å²) in [5.74, 6) is 0. The molecule has 0 bridgehead atoms. The van der Waals surface area contributed by atoms with Crippen LogP contribution in [0.1, 0.15) is 12.5 Å². The van der Waals surface area contributed by atoms with Crippen molar-refractivity contribution in [1.29, 1.82) is 0 Å². The Morgan fingerprint density at radius 1 is 1.33 bits per heavy atom. The molecule has 2 heteroatoms. The van der Waals surface area contributed by atoms with Gasteiger partial charge in [-0.25, -0.2) is 0 Å². The van der Waals surface area contributed by atoms with E-state index in [4.69, 9.17) is 10.8 Å². The van der Waals surface area contributed by atoms with E-state index in [9.17, 15) is 0 Å². The lowest BCUT2D eigenvalue weighted by molar-refractivity contribution is 0.210. The van der Waals surface area contributed by atoms with Crippen LogP contribution >= 0.6 is 0 Å². The molecule has 66 valence electrons. The minimum atomic E-state index is -0.290. The Hall–Kier alpha value is -0.860. The molecule has 12 heavy (non-hydrogen) atoms. The zero-order chi connectivity index (χ0) is 9.03. The van der Waals surface area contributed by atoms with E-state index >= 15 is 0 Å². The van der Waals surface area contributed by atoms with Crippen LogP contribution in [0.4, 0.5) is 0 Å². The monoisotopic (exact) mass is 165 g/mol. The van der Waals surface area contributed by atoms with Gasteiger partial charge in [-0.2, -0.15) is 0 Å². The molecule has 0 spiro atoms. The van der Waals surface area contributed by atoms with Crippen LogP contribution in [0.5, 0.6) is 0 Å². The van der Waals surface area contributed by atoms with Crippen LogP contribution in [0.2, 0.25) is 0 Å². The average molecular weight is 165 g/mol. The SMILES string of the molecule is C[C@](CN)(CO)c1ccccc1. The number of hydrogen-bond donors (Lipinski definition) is 2. The third-order valence-corrected chi connectivity index (χ3v) is 2.27. The Morgan fingerprint density at radius 2 is 1.92 bits per heavy atom. The summed E-state index contributed by atoms with van der Waals surface area (Å²) in [7, 11) is 0. The van der Waals surface area contributed by atoms with Gasteiger partial charge in [0.25, 0.3) is 0 Å². The van der Waals surface area contributed by atoms with Gasteiger partial charge in [0, 0.05) is 12.0 Å². The zero-order valence-electron chi connectivity index (χ0n) is 7.33. The van der Waals surface area contributed by atoms with Crippen molar-refractivity contribution < 1.29 is 5.11 Å². The fourth-order valence-electron chi connectivity index (χ4n) is 1.11. The number of rotatable bonds is 3. The number of aliphatic hydroxyl groups excluding tert-OH is 1. The van der Waals surface area contributed by atoms with Crippen molar-refractivity contribution in [3.63, 3.8) is 0 Å². The van der Waals surface area contributed by atoms with E-state index in [2.05, 4.69) is 0 Å². The zero-order valence-corrected chi connectivity index (χ0v) is 7.33. The molecule has 0 aliphatic heterocycles. The van der Waals surface area contributed by atoms with Crippen LogP contribution in [0, 0.1) is 0 Å². The van der Waals surface area contributed by atoms with Gasteiger partial charge in [-0.1, -0.05) is 37.3 Å². The lowest BCUT2D eigenvalue weighted by Crippen LogP contribution is -2.35. The number of benzene rings is 1. The van der Waals surface area contributed by atoms with E-state index < -0.39 is 0 Å². The van der Waals surface area contributed by atoms with Gasteiger partial charge < -0.3 is 10.8 Å². The van der Waals surface area contributed by atoms with Crippen molar-refractivity contribution in [1.82, 2.24) is 0 Å². The summed E-state index contributed by atoms with van der Waals surface area (Å²) in [4.78, 5) is 0. The summed E-state index contributed by atoms with van der Waals surface area (Å²) in [6, 6.07) is 9.85. The van der Waals surface area contributed by atoms with E-state index in [0.717, 1.165) is 5.56 Å². The van der Waals surface area contributed by atoms with Crippen LogP contribution in [0.25, 0.3) is 0 Å². The largest absolute Gasteiger partial charge is 0.395 e. The van der Waals surface area contributed by atoms with E-state index in [1.54, 1.807) is 0 Å². The molecule has 0 amide bonds. The Balaban J connectivity index is 2.95. The fourth-order valence-corrected chi connectivity index (χ4v) is 1.11. The summed E-state index contributed by atoms with van der Waals surface area (Å²) in [6.45, 7) is 2.52. The highest BCUT2D eigenvalue weighted by Crippen LogP contribution is 2.20. The highest BCUT2D eigenvalue weighted by molar-refractivity contribution is 5.24. The summed E-state index contributed by atoms with van der Waals surface area (Å²) < 4.78 is 0. The van der Waals surface area contributed by atoms with Crippen LogP contribution in [0.3, 0.4) is 0 Å². The standard InChI is InChI=1S/C10H15NO/c1-10(7-11,8-12)9-5-3-2-4-6-9/h2-6,12H,7-8,11H2,1H3/t10-/m0/s1. The Morgan fingerprint density at radius 3 is 2.33 bits per heavy atom. The summed E-state index contributed by atoms with van der Waals surface area (Å²) in [6.07, 6.45) is 0. The normalized spacial score (nSPS) is 15.6. The minimum absolute atomic E-state index is 0.0908. The second kappa shape index (κ2) is 3.70. The van der Waals surface area contributed by atoms with Gasteiger partial charge in [0.2, 0.25) is 0 Å². The summed E-state index contributed by atoms with van der Waals surface area (Å²) in [5.41, 5.74) is 6.39. The summed E-state index contributed by atoms with van der Waals surface area (Å²) >= 11 is 0. The van der Waals surface area contributed by atoms with E-state index in [1.807, 2.05) is 37.3 Å². The maximum absolute atomic E-state index is 9.16. The van der Waals surface area contributed by atoms with Crippen molar-refractivity contribution in [2.75, 3.05) is 13.2 Å². The fraction of sp³-hybridized carbons (Fsp3) is 0.400. The number of nitrogens with two attached hydrogens (primary N) is 1. The van der Waals surface area contributed by atoms with E-state index in [-0.39, 0.29) is 12.0 Å². The summed E-state index contributed by atoms with van der Waals surface area (Å²) in [5, 5.41) is 9.16. The predicted octanol–water partition coefficient (Wildman–Crippen LogP) is 0.895. The van der Waals surface area contributed by atoms with Crippen molar-refractivity contribution >= 4 is 0 Å². The molecule has 0 heterocycles. The van der Waals surface area contributed by atoms with Gasteiger partial charge in [-0.05, 0) is 5.56 Å². The molecular weight excluding hydrogens is 150 g/mol. The molecule has 0 saturated heterocycles. The first kappa shape index (κ1) is 9.23. The topological polar surface area (TPSA) is 46.2 Å². The van der Waals surface area contributed by atoms with Gasteiger partial charge in [-0.15, -0.1) is 0 Å². The van der Waals surface area contributed by atoms with Gasteiger partial charge in [-0.3, -0.25) is 0 Å². The molecule has 2 nitrogen and oxygen atoms in total. The average Bonchev–Trinajstić information content (AvgIpc) is 2.18. The maximum atomic E-state index is 9.16. The molecule has 0 fully saturated rings. The third kappa shape index (κ3) is 1.65. The second-order valence-electron chi connectivity index (χ2n) is 3.29. The molecule has 0 unspecified atom stereocenters. The van der Waals surface area contributed by atoms with Gasteiger partial charge >= 0.3 is 0 Å². The Labute approximate surface area is 73.0 Å². The minimum Gasteiger partial charge on any atom is -0.395 e. The van der Waals surface area contributed by atoms with Crippen LogP contribution in [-0.2, 0) is 5.41 Å². The lowest BCUT2D eigenvalue weighted by Gasteiger charge is -2.25. The quantitative estimate of drug-likeness (QED) is 0.699. The maximum Gasteiger partial charge on any atom is 0.0537 e. The molecular formula is C10H15NO. The molecule has 0 saturated carbocycles. The lowest BCUT2D eigenvalue weighted by atomic mass is 9.83. The molecule has 0 aliphatic carbocycles. The number of aliphatic hydroxyl groups is 1. The number of hydrogen-bond acceptors (Lipinski definition) is 2. The Bertz CT molecular complexity index is 229. The van der Waals surface area contributed by atoms with Crippen LogP contribution in [-0.4, -0.2) is 18.3 Å². The van der Waals surface area contributed by atoms with E-state index in [1.165, 1.54) is 0 Å². The van der Waals surface area contributed by atoms with Crippen LogP contribution in [0.15, 0.2) is 30.3 Å². The molecule has 1 aromatic rings. The van der Waals surface area contributed by atoms with Gasteiger partial charge in [0.15, 0.2) is 0 Å². The smallest absolute Gasteiger partial charge is 0.0537 e. The first-order valence-electron chi connectivity index (χ1n) is 4.09. The van der Waals surface area contributed by atoms with Crippen molar-refractivity contribution in [2.24, 2.45) is 5.73 Å². The molecule has 3 N–H and O–H groups in total. The van der Waals surface area contributed by atoms with Crippen molar-refractivity contribution in [3.8, 4) is 0 Å². The first-order valence-corrected chi connectivity index (χ1v) is 4.09. The van der Waals surface area contributed by atoms with Crippen molar-refractivity contribution in [3.05, 3.63) is 35.9 Å². The highest BCUT2D eigenvalue weighted by Gasteiger charge is 2.23. The second-order valence-corrected chi connectivity index (χ2v) is 3.29. The van der Waals surface area contributed by atoms with Crippen molar-refractivity contribution in [2.45, 2.75) is 12.3 Å². The van der Waals surface area contributed by atoms with Gasteiger partial charge in [0.05, 0.1) is 6.61 Å². The molecule has 1 rings (SSSR count). The third-order valence-electron chi connectivity index (χ3n) is 2.27. The Kier molecular flexibility index (Phi) is 2.84. The molecule has 1 aromatic carbocycles. The molecule has 0 radical (unpaired) electrons. The molecule has 0 aliphatic rings. The molecule has 0 aromatic heterocycles. The highest BCUT2D eigenvalue weighted by atomic mass is 16.3. The van der Waals surface area contributed by atoms with Crippen LogP contribution < -0.4 is 5.73 Å². The van der Waals surface area contributed by atoms with E-state index in [0.29, 0.717) is 6.54 Å².